The first-order valence-electron chi connectivity index (χ1n) is 9.31. The maximum absolute atomic E-state index is 12.3. The van der Waals surface area contributed by atoms with E-state index in [-0.39, 0.29) is 37.3 Å². The summed E-state index contributed by atoms with van der Waals surface area (Å²) < 4.78 is 10.5. The van der Waals surface area contributed by atoms with E-state index in [4.69, 9.17) is 28.1 Å². The number of nitrogens with zero attached hydrogens (tertiary/aromatic N) is 2. The fourth-order valence-electron chi connectivity index (χ4n) is 2.78. The first-order chi connectivity index (χ1) is 14.8. The van der Waals surface area contributed by atoms with Crippen LogP contribution in [-0.2, 0) is 16.1 Å². The maximum Gasteiger partial charge on any atom is 0.306 e. The van der Waals surface area contributed by atoms with Crippen LogP contribution in [0.3, 0.4) is 0 Å². The Kier molecular flexibility index (Phi) is 8.25. The number of ether oxygens (including phenoxy) is 2. The summed E-state index contributed by atoms with van der Waals surface area (Å²) in [5.74, 6) is 2.04. The van der Waals surface area contributed by atoms with Gasteiger partial charge in [0.05, 0.1) is 22.0 Å². The molecule has 0 saturated carbocycles. The highest BCUT2D eigenvalue weighted by Crippen LogP contribution is 2.29. The highest BCUT2D eigenvalue weighted by Gasteiger charge is 2.31. The van der Waals surface area contributed by atoms with Crippen LogP contribution < -0.4 is 4.74 Å². The number of hydrogen-bond donors (Lipinski definition) is 0. The molecule has 1 atom stereocenters. The summed E-state index contributed by atoms with van der Waals surface area (Å²) in [6.45, 7) is 1.37. The second-order valence-electron chi connectivity index (χ2n) is 6.84. The Balaban J connectivity index is 2.03. The van der Waals surface area contributed by atoms with Crippen molar-refractivity contribution in [3.63, 3.8) is 0 Å². The fourth-order valence-corrected chi connectivity index (χ4v) is 3.06. The summed E-state index contributed by atoms with van der Waals surface area (Å²) in [5, 5.41) is 20.9. The van der Waals surface area contributed by atoms with Gasteiger partial charge in [0.25, 0.3) is 5.69 Å². The van der Waals surface area contributed by atoms with Crippen LogP contribution in [0.1, 0.15) is 30.9 Å². The van der Waals surface area contributed by atoms with Crippen molar-refractivity contribution in [2.75, 3.05) is 6.61 Å². The van der Waals surface area contributed by atoms with Crippen molar-refractivity contribution in [3.05, 3.63) is 69.8 Å². The van der Waals surface area contributed by atoms with E-state index in [1.54, 1.807) is 6.92 Å². The monoisotopic (exact) mass is 436 g/mol. The van der Waals surface area contributed by atoms with Gasteiger partial charge in [0.1, 0.15) is 19.0 Å². The van der Waals surface area contributed by atoms with E-state index in [2.05, 4.69) is 12.0 Å². The molecule has 0 aliphatic carbocycles. The minimum atomic E-state index is -1.04. The van der Waals surface area contributed by atoms with Crippen molar-refractivity contribution in [2.24, 2.45) is 5.41 Å². The van der Waals surface area contributed by atoms with Gasteiger partial charge in [-0.1, -0.05) is 48.5 Å². The molecule has 2 aromatic rings. The number of nitro benzene ring substituents is 1. The number of thiocarbonyl (C=S) groups is 1. The molecule has 0 aliphatic rings. The van der Waals surface area contributed by atoms with E-state index in [9.17, 15) is 20.2 Å². The number of benzene rings is 2. The van der Waals surface area contributed by atoms with Crippen LogP contribution in [0.5, 0.6) is 5.75 Å². The molecule has 0 bridgehead atoms. The molecule has 0 amide bonds. The fraction of sp³-hybridized carbons (Fsp3) is 0.261. The quantitative estimate of drug-likeness (QED) is 0.136. The molecule has 8 heteroatoms. The van der Waals surface area contributed by atoms with Crippen LogP contribution in [0.25, 0.3) is 0 Å². The Morgan fingerprint density at radius 2 is 2.00 bits per heavy atom. The Hall–Kier alpha value is -3.75. The second-order valence-corrected chi connectivity index (χ2v) is 7.25. The lowest BCUT2D eigenvalue weighted by molar-refractivity contribution is -0.385. The molecule has 2 aromatic carbocycles. The first kappa shape index (κ1) is 23.5. The van der Waals surface area contributed by atoms with E-state index in [1.165, 1.54) is 18.2 Å². The number of terminal acetylenes is 1. The van der Waals surface area contributed by atoms with Crippen molar-refractivity contribution in [1.82, 2.24) is 0 Å². The van der Waals surface area contributed by atoms with Crippen LogP contribution in [-0.4, -0.2) is 22.4 Å². The van der Waals surface area contributed by atoms with Gasteiger partial charge in [0.2, 0.25) is 0 Å². The number of carbonyl (C=O) groups is 1. The first-order valence-corrected chi connectivity index (χ1v) is 9.72. The van der Waals surface area contributed by atoms with Crippen molar-refractivity contribution in [1.29, 1.82) is 5.26 Å². The van der Waals surface area contributed by atoms with E-state index in [0.717, 1.165) is 5.56 Å². The van der Waals surface area contributed by atoms with Crippen LogP contribution in [0.15, 0.2) is 48.5 Å². The lowest BCUT2D eigenvalue weighted by Crippen LogP contribution is -2.26. The van der Waals surface area contributed by atoms with Gasteiger partial charge in [0, 0.05) is 17.4 Å². The number of hydrogen-bond acceptors (Lipinski definition) is 7. The number of carbonyl (C=O) groups excluding carboxylic acids is 1. The smallest absolute Gasteiger partial charge is 0.306 e. The molecule has 0 radical (unpaired) electrons. The lowest BCUT2D eigenvalue weighted by Gasteiger charge is -2.22. The SMILES string of the molecule is C#CCOc1ccc([N+](=O)[O-])c(COC(=O)CCC(C)(C#N)C(=S)c2ccccc2)c1. The highest BCUT2D eigenvalue weighted by molar-refractivity contribution is 7.81. The summed E-state index contributed by atoms with van der Waals surface area (Å²) in [5.41, 5.74) is -0.317. The molecule has 0 aliphatic heterocycles. The molecule has 0 saturated heterocycles. The topological polar surface area (TPSA) is 102 Å². The van der Waals surface area contributed by atoms with Crippen molar-refractivity contribution < 1.29 is 19.2 Å². The summed E-state index contributed by atoms with van der Waals surface area (Å²) >= 11 is 5.47. The minimum Gasteiger partial charge on any atom is -0.481 e. The van der Waals surface area contributed by atoms with Crippen LogP contribution in [0.4, 0.5) is 5.69 Å². The highest BCUT2D eigenvalue weighted by atomic mass is 32.1. The van der Waals surface area contributed by atoms with Gasteiger partial charge in [-0.3, -0.25) is 14.9 Å². The van der Waals surface area contributed by atoms with E-state index >= 15 is 0 Å². The zero-order chi connectivity index (χ0) is 22.9. The van der Waals surface area contributed by atoms with Crippen molar-refractivity contribution in [3.8, 4) is 24.2 Å². The summed E-state index contributed by atoms with van der Waals surface area (Å²) in [7, 11) is 0. The average Bonchev–Trinajstić information content (AvgIpc) is 2.79. The largest absolute Gasteiger partial charge is 0.481 e. The van der Waals surface area contributed by atoms with E-state index in [1.807, 2.05) is 30.3 Å². The predicted molar refractivity (Wildman–Crippen MR) is 118 cm³/mol. The van der Waals surface area contributed by atoms with Crippen LogP contribution in [0.2, 0.25) is 0 Å². The Morgan fingerprint density at radius 1 is 1.29 bits per heavy atom. The molecule has 1 unspecified atom stereocenters. The molecule has 2 rings (SSSR count). The van der Waals surface area contributed by atoms with Gasteiger partial charge in [-0.05, 0) is 31.0 Å². The third-order valence-corrected chi connectivity index (χ3v) is 5.26. The van der Waals surface area contributed by atoms with Gasteiger partial charge in [0.15, 0.2) is 0 Å². The third-order valence-electron chi connectivity index (χ3n) is 4.57. The average molecular weight is 436 g/mol. The molecule has 0 spiro atoms. The molecule has 0 aromatic heterocycles. The number of nitriles is 1. The van der Waals surface area contributed by atoms with Gasteiger partial charge in [-0.25, -0.2) is 0 Å². The summed E-state index contributed by atoms with van der Waals surface area (Å²) in [6.07, 6.45) is 5.23. The van der Waals surface area contributed by atoms with Gasteiger partial charge >= 0.3 is 5.97 Å². The molecule has 7 nitrogen and oxygen atoms in total. The number of rotatable bonds is 10. The maximum atomic E-state index is 12.3. The number of esters is 1. The minimum absolute atomic E-state index is 0.00507. The van der Waals surface area contributed by atoms with Gasteiger partial charge in [-0.15, -0.1) is 6.42 Å². The van der Waals surface area contributed by atoms with E-state index in [0.29, 0.717) is 10.6 Å². The van der Waals surface area contributed by atoms with Crippen molar-refractivity contribution in [2.45, 2.75) is 26.4 Å². The van der Waals surface area contributed by atoms with E-state index < -0.39 is 16.3 Å². The Labute approximate surface area is 185 Å². The molecule has 31 heavy (non-hydrogen) atoms. The van der Waals surface area contributed by atoms with Crippen LogP contribution in [0, 0.1) is 39.2 Å². The zero-order valence-electron chi connectivity index (χ0n) is 16.9. The van der Waals surface area contributed by atoms with Gasteiger partial charge in [-0.2, -0.15) is 5.26 Å². The van der Waals surface area contributed by atoms with Crippen LogP contribution >= 0.6 is 12.2 Å². The molecule has 0 fully saturated rings. The molecule has 158 valence electrons. The third kappa shape index (κ3) is 6.36. The Morgan fingerprint density at radius 3 is 2.61 bits per heavy atom. The standard InChI is InChI=1S/C23H20N2O5S/c1-3-13-29-19-9-10-20(25(27)28)18(14-19)15-30-21(26)11-12-23(2,16-24)22(31)17-7-5-4-6-8-17/h1,4-10,14H,11-13,15H2,2H3. The molecular weight excluding hydrogens is 416 g/mol. The lowest BCUT2D eigenvalue weighted by atomic mass is 9.81. The normalized spacial score (nSPS) is 12.0. The molecular formula is C23H20N2O5S. The second kappa shape index (κ2) is 10.9. The Bertz CT molecular complexity index is 1060. The zero-order valence-corrected chi connectivity index (χ0v) is 17.7. The van der Waals surface area contributed by atoms with Gasteiger partial charge < -0.3 is 9.47 Å². The molecule has 0 heterocycles. The van der Waals surface area contributed by atoms with Crippen molar-refractivity contribution >= 4 is 28.7 Å². The summed E-state index contributed by atoms with van der Waals surface area (Å²) in [4.78, 5) is 23.4. The number of nitro groups is 1. The summed E-state index contributed by atoms with van der Waals surface area (Å²) in [6, 6.07) is 15.4. The predicted octanol–water partition coefficient (Wildman–Crippen LogP) is 4.38. The molecule has 0 N–H and O–H groups in total.